The van der Waals surface area contributed by atoms with E-state index in [2.05, 4.69) is 28.6 Å². The number of morpholine rings is 1. The van der Waals surface area contributed by atoms with Gasteiger partial charge in [-0.3, -0.25) is 4.79 Å². The summed E-state index contributed by atoms with van der Waals surface area (Å²) in [5, 5.41) is 5.92. The normalized spacial score (nSPS) is 16.0. The highest BCUT2D eigenvalue weighted by Gasteiger charge is 2.21. The van der Waals surface area contributed by atoms with Crippen LogP contribution < -0.4 is 15.4 Å². The van der Waals surface area contributed by atoms with Crippen molar-refractivity contribution in [1.82, 2.24) is 10.3 Å². The number of carbonyl (C=O) groups is 1. The summed E-state index contributed by atoms with van der Waals surface area (Å²) in [6.07, 6.45) is 2.06. The molecule has 0 aliphatic carbocycles. The van der Waals surface area contributed by atoms with Crippen LogP contribution in [0.4, 0.5) is 5.69 Å². The van der Waals surface area contributed by atoms with Crippen molar-refractivity contribution in [2.45, 2.75) is 19.4 Å². The van der Waals surface area contributed by atoms with Gasteiger partial charge in [-0.05, 0) is 30.2 Å². The van der Waals surface area contributed by atoms with E-state index in [1.165, 1.54) is 5.56 Å². The first-order valence-electron chi connectivity index (χ1n) is 8.10. The molecule has 8 heteroatoms. The molecule has 1 aromatic carbocycles. The van der Waals surface area contributed by atoms with Gasteiger partial charge in [-0.15, -0.1) is 24.8 Å². The fourth-order valence-electron chi connectivity index (χ4n) is 2.42. The molecule has 2 aromatic rings. The third-order valence-electron chi connectivity index (χ3n) is 3.75. The molecule has 1 unspecified atom stereocenters. The van der Waals surface area contributed by atoms with Gasteiger partial charge in [0.1, 0.15) is 11.9 Å². The Morgan fingerprint density at radius 2 is 2.19 bits per heavy atom. The van der Waals surface area contributed by atoms with Crippen molar-refractivity contribution in [2.75, 3.05) is 25.0 Å². The maximum Gasteiger partial charge on any atom is 0.254 e. The SMILES string of the molecule is CCc1cccc(Oc2ccc(NC(=O)C3CNCCO3)cn2)c1.Cl.Cl. The molecule has 26 heavy (non-hydrogen) atoms. The zero-order chi connectivity index (χ0) is 16.8. The number of benzene rings is 1. The van der Waals surface area contributed by atoms with E-state index in [0.717, 1.165) is 18.7 Å². The largest absolute Gasteiger partial charge is 0.439 e. The Morgan fingerprint density at radius 1 is 1.35 bits per heavy atom. The summed E-state index contributed by atoms with van der Waals surface area (Å²) in [5.74, 6) is 1.06. The smallest absolute Gasteiger partial charge is 0.254 e. The van der Waals surface area contributed by atoms with Gasteiger partial charge in [0.25, 0.3) is 5.91 Å². The van der Waals surface area contributed by atoms with Gasteiger partial charge in [0.15, 0.2) is 0 Å². The molecule has 0 bridgehead atoms. The predicted octanol–water partition coefficient (Wildman–Crippen LogP) is 3.21. The Kier molecular flexibility index (Phi) is 9.37. The standard InChI is InChI=1S/C18H21N3O3.2ClH/c1-2-13-4-3-5-15(10-13)24-17-7-6-14(11-20-17)21-18(22)16-12-19-8-9-23-16;;/h3-7,10-11,16,19H,2,8-9,12H2,1H3,(H,21,22);2*1H. The average molecular weight is 400 g/mol. The van der Waals surface area contributed by atoms with Gasteiger partial charge in [-0.2, -0.15) is 0 Å². The van der Waals surface area contributed by atoms with E-state index in [9.17, 15) is 4.79 Å². The van der Waals surface area contributed by atoms with Gasteiger partial charge >= 0.3 is 0 Å². The Balaban J connectivity index is 0.00000169. The summed E-state index contributed by atoms with van der Waals surface area (Å²) < 4.78 is 11.2. The van der Waals surface area contributed by atoms with Crippen molar-refractivity contribution in [3.8, 4) is 11.6 Å². The van der Waals surface area contributed by atoms with E-state index in [1.54, 1.807) is 18.3 Å². The van der Waals surface area contributed by atoms with Crippen molar-refractivity contribution < 1.29 is 14.3 Å². The number of amides is 1. The molecule has 1 aliphatic heterocycles. The summed E-state index contributed by atoms with van der Waals surface area (Å²) >= 11 is 0. The Hall–Kier alpha value is -1.86. The van der Waals surface area contributed by atoms with Gasteiger partial charge in [0.2, 0.25) is 5.88 Å². The number of hydrogen-bond acceptors (Lipinski definition) is 5. The average Bonchev–Trinajstić information content (AvgIpc) is 2.64. The summed E-state index contributed by atoms with van der Waals surface area (Å²) in [6, 6.07) is 11.4. The molecule has 2 heterocycles. The molecule has 142 valence electrons. The molecule has 0 saturated carbocycles. The highest BCUT2D eigenvalue weighted by molar-refractivity contribution is 5.94. The quantitative estimate of drug-likeness (QED) is 0.807. The van der Waals surface area contributed by atoms with Crippen molar-refractivity contribution in [3.05, 3.63) is 48.2 Å². The molecular formula is C18H23Cl2N3O3. The third-order valence-corrected chi connectivity index (χ3v) is 3.75. The van der Waals surface area contributed by atoms with E-state index < -0.39 is 6.10 Å². The fraction of sp³-hybridized carbons (Fsp3) is 0.333. The molecule has 6 nitrogen and oxygen atoms in total. The molecule has 0 radical (unpaired) electrons. The van der Waals surface area contributed by atoms with E-state index in [0.29, 0.717) is 24.7 Å². The van der Waals surface area contributed by atoms with Crippen LogP contribution >= 0.6 is 24.8 Å². The van der Waals surface area contributed by atoms with Crippen LogP contribution in [0.15, 0.2) is 42.6 Å². The maximum atomic E-state index is 12.1. The van der Waals surface area contributed by atoms with Crippen molar-refractivity contribution in [3.63, 3.8) is 0 Å². The minimum atomic E-state index is -0.466. The molecular weight excluding hydrogens is 377 g/mol. The minimum absolute atomic E-state index is 0. The topological polar surface area (TPSA) is 72.5 Å². The van der Waals surface area contributed by atoms with Crippen LogP contribution in [0, 0.1) is 0 Å². The predicted molar refractivity (Wildman–Crippen MR) is 106 cm³/mol. The second kappa shape index (κ2) is 11.0. The highest BCUT2D eigenvalue weighted by atomic mass is 35.5. The van der Waals surface area contributed by atoms with E-state index in [-0.39, 0.29) is 30.7 Å². The molecule has 1 amide bonds. The number of nitrogens with one attached hydrogen (secondary N) is 2. The first-order valence-corrected chi connectivity index (χ1v) is 8.10. The van der Waals surface area contributed by atoms with Crippen molar-refractivity contribution in [1.29, 1.82) is 0 Å². The first kappa shape index (κ1) is 22.2. The maximum absolute atomic E-state index is 12.1. The Bertz CT molecular complexity index is 692. The van der Waals surface area contributed by atoms with E-state index >= 15 is 0 Å². The summed E-state index contributed by atoms with van der Waals surface area (Å²) in [7, 11) is 0. The number of carbonyl (C=O) groups excluding carboxylic acids is 1. The number of aryl methyl sites for hydroxylation is 1. The van der Waals surface area contributed by atoms with Crippen LogP contribution in [0.2, 0.25) is 0 Å². The molecule has 1 saturated heterocycles. The number of aromatic nitrogens is 1. The van der Waals surface area contributed by atoms with Crippen molar-refractivity contribution >= 4 is 36.4 Å². The van der Waals surface area contributed by atoms with E-state index in [4.69, 9.17) is 9.47 Å². The number of anilines is 1. The van der Waals surface area contributed by atoms with Crippen LogP contribution in [0.1, 0.15) is 12.5 Å². The fourth-order valence-corrected chi connectivity index (χ4v) is 2.42. The Labute approximate surface area is 165 Å². The second-order valence-corrected chi connectivity index (χ2v) is 5.54. The van der Waals surface area contributed by atoms with Crippen LogP contribution in [0.5, 0.6) is 11.6 Å². The Morgan fingerprint density at radius 3 is 2.85 bits per heavy atom. The van der Waals surface area contributed by atoms with Gasteiger partial charge in [-0.1, -0.05) is 19.1 Å². The number of ether oxygens (including phenoxy) is 2. The summed E-state index contributed by atoms with van der Waals surface area (Å²) in [4.78, 5) is 16.3. The van der Waals surface area contributed by atoms with Gasteiger partial charge in [0.05, 0.1) is 18.5 Å². The monoisotopic (exact) mass is 399 g/mol. The highest BCUT2D eigenvalue weighted by Crippen LogP contribution is 2.21. The van der Waals surface area contributed by atoms with E-state index in [1.807, 2.05) is 18.2 Å². The summed E-state index contributed by atoms with van der Waals surface area (Å²) in [6.45, 7) is 3.94. The van der Waals surface area contributed by atoms with Crippen LogP contribution in [-0.2, 0) is 16.0 Å². The zero-order valence-electron chi connectivity index (χ0n) is 14.4. The molecule has 1 atom stereocenters. The van der Waals surface area contributed by atoms with Gasteiger partial charge in [-0.25, -0.2) is 4.98 Å². The number of pyridine rings is 1. The number of rotatable bonds is 5. The van der Waals surface area contributed by atoms with Crippen LogP contribution in [0.3, 0.4) is 0 Å². The molecule has 2 N–H and O–H groups in total. The third kappa shape index (κ3) is 6.14. The summed E-state index contributed by atoms with van der Waals surface area (Å²) in [5.41, 5.74) is 1.82. The molecule has 1 aromatic heterocycles. The minimum Gasteiger partial charge on any atom is -0.439 e. The van der Waals surface area contributed by atoms with Gasteiger partial charge in [0, 0.05) is 19.2 Å². The van der Waals surface area contributed by atoms with Crippen LogP contribution in [0.25, 0.3) is 0 Å². The number of halogens is 2. The second-order valence-electron chi connectivity index (χ2n) is 5.54. The lowest BCUT2D eigenvalue weighted by molar-refractivity contribution is -0.128. The zero-order valence-corrected chi connectivity index (χ0v) is 16.1. The first-order chi connectivity index (χ1) is 11.7. The van der Waals surface area contributed by atoms with Crippen molar-refractivity contribution in [2.24, 2.45) is 0 Å². The lowest BCUT2D eigenvalue weighted by Crippen LogP contribution is -2.45. The lowest BCUT2D eigenvalue weighted by Gasteiger charge is -2.22. The molecule has 1 fully saturated rings. The van der Waals surface area contributed by atoms with Crippen LogP contribution in [-0.4, -0.2) is 36.7 Å². The molecule has 1 aliphatic rings. The lowest BCUT2D eigenvalue weighted by atomic mass is 10.2. The molecule has 3 rings (SSSR count). The number of nitrogens with zero attached hydrogens (tertiary/aromatic N) is 1. The van der Waals surface area contributed by atoms with Gasteiger partial charge < -0.3 is 20.1 Å². The number of hydrogen-bond donors (Lipinski definition) is 2. The molecule has 0 spiro atoms.